The van der Waals surface area contributed by atoms with E-state index >= 15 is 0 Å². The summed E-state index contributed by atoms with van der Waals surface area (Å²) in [7, 11) is 0. The van der Waals surface area contributed by atoms with Gasteiger partial charge in [0.1, 0.15) is 5.75 Å². The zero-order chi connectivity index (χ0) is 15.6. The van der Waals surface area contributed by atoms with Crippen molar-refractivity contribution in [3.05, 3.63) is 29.8 Å². The van der Waals surface area contributed by atoms with Gasteiger partial charge in [-0.3, -0.25) is 0 Å². The summed E-state index contributed by atoms with van der Waals surface area (Å²) in [4.78, 5) is 2.60. The summed E-state index contributed by atoms with van der Waals surface area (Å²) in [6, 6.07) is 8.54. The summed E-state index contributed by atoms with van der Waals surface area (Å²) in [6.07, 6.45) is 7.10. The van der Waals surface area contributed by atoms with Crippen LogP contribution in [0, 0.1) is 0 Å². The summed E-state index contributed by atoms with van der Waals surface area (Å²) in [5, 5.41) is 8.79. The van der Waals surface area contributed by atoms with Crippen LogP contribution < -0.4 is 4.74 Å². The summed E-state index contributed by atoms with van der Waals surface area (Å²) in [5.74, 6) is 1.72. The molecular formula is C19H31NO2. The van der Waals surface area contributed by atoms with Crippen LogP contribution in [0.2, 0.25) is 0 Å². The van der Waals surface area contributed by atoms with Gasteiger partial charge in [-0.2, -0.15) is 0 Å². The fourth-order valence-corrected chi connectivity index (χ4v) is 3.37. The fraction of sp³-hybridized carbons (Fsp3) is 0.684. The highest BCUT2D eigenvalue weighted by Gasteiger charge is 2.22. The molecule has 22 heavy (non-hydrogen) atoms. The van der Waals surface area contributed by atoms with E-state index in [0.29, 0.717) is 12.5 Å². The van der Waals surface area contributed by atoms with Gasteiger partial charge in [-0.1, -0.05) is 31.0 Å². The predicted molar refractivity (Wildman–Crippen MR) is 91.6 cm³/mol. The van der Waals surface area contributed by atoms with E-state index in [1.54, 1.807) is 0 Å². The molecule has 0 aromatic heterocycles. The molecular weight excluding hydrogens is 274 g/mol. The molecule has 3 nitrogen and oxygen atoms in total. The van der Waals surface area contributed by atoms with E-state index < -0.39 is 0 Å². The fourth-order valence-electron chi connectivity index (χ4n) is 3.37. The first-order valence-electron chi connectivity index (χ1n) is 8.90. The number of nitrogens with zero attached hydrogens (tertiary/aromatic N) is 1. The Morgan fingerprint density at radius 1 is 1.09 bits per heavy atom. The highest BCUT2D eigenvalue weighted by Crippen LogP contribution is 2.34. The second-order valence-corrected chi connectivity index (χ2v) is 6.22. The maximum Gasteiger partial charge on any atom is 0.122 e. The van der Waals surface area contributed by atoms with Gasteiger partial charge in [-0.05, 0) is 69.8 Å². The van der Waals surface area contributed by atoms with Crippen LogP contribution in [0.15, 0.2) is 24.3 Å². The summed E-state index contributed by atoms with van der Waals surface area (Å²) in [6.45, 7) is 6.74. The molecule has 0 bridgehead atoms. The van der Waals surface area contributed by atoms with Crippen LogP contribution >= 0.6 is 0 Å². The minimum Gasteiger partial charge on any atom is -0.494 e. The molecule has 0 saturated carbocycles. The zero-order valence-corrected chi connectivity index (χ0v) is 14.0. The Balaban J connectivity index is 1.75. The second kappa shape index (κ2) is 9.86. The lowest BCUT2D eigenvalue weighted by Gasteiger charge is -2.32. The molecule has 1 fully saturated rings. The van der Waals surface area contributed by atoms with Crippen LogP contribution in [0.25, 0.3) is 0 Å². The molecule has 0 unspecified atom stereocenters. The average Bonchev–Trinajstić information content (AvgIpc) is 2.56. The van der Waals surface area contributed by atoms with Gasteiger partial charge in [0, 0.05) is 6.61 Å². The molecule has 124 valence electrons. The van der Waals surface area contributed by atoms with Crippen LogP contribution in [0.3, 0.4) is 0 Å². The number of hydrogen-bond acceptors (Lipinski definition) is 3. The third-order valence-corrected chi connectivity index (χ3v) is 4.63. The first-order valence-corrected chi connectivity index (χ1v) is 8.90. The van der Waals surface area contributed by atoms with E-state index in [2.05, 4.69) is 36.1 Å². The van der Waals surface area contributed by atoms with Crippen molar-refractivity contribution in [1.29, 1.82) is 0 Å². The minimum atomic E-state index is 0.338. The maximum atomic E-state index is 8.79. The van der Waals surface area contributed by atoms with E-state index in [1.165, 1.54) is 50.9 Å². The highest BCUT2D eigenvalue weighted by molar-refractivity contribution is 5.36. The molecule has 1 heterocycles. The van der Waals surface area contributed by atoms with Gasteiger partial charge in [0.2, 0.25) is 0 Å². The Hall–Kier alpha value is -1.06. The predicted octanol–water partition coefficient (Wildman–Crippen LogP) is 3.82. The van der Waals surface area contributed by atoms with Crippen molar-refractivity contribution in [2.45, 2.75) is 51.4 Å². The number of benzene rings is 1. The number of hydrogen-bond donors (Lipinski definition) is 1. The maximum absolute atomic E-state index is 8.79. The highest BCUT2D eigenvalue weighted by atomic mass is 16.5. The molecule has 0 radical (unpaired) electrons. The van der Waals surface area contributed by atoms with Crippen molar-refractivity contribution < 1.29 is 9.84 Å². The van der Waals surface area contributed by atoms with Gasteiger partial charge >= 0.3 is 0 Å². The number of piperidine rings is 1. The van der Waals surface area contributed by atoms with Crippen LogP contribution in [0.1, 0.15) is 56.9 Å². The normalized spacial score (nSPS) is 16.8. The van der Waals surface area contributed by atoms with Gasteiger partial charge in [-0.25, -0.2) is 0 Å². The number of ether oxygens (including phenoxy) is 1. The Morgan fingerprint density at radius 3 is 2.55 bits per heavy atom. The van der Waals surface area contributed by atoms with Crippen LogP contribution in [0.5, 0.6) is 5.75 Å². The molecule has 0 atom stereocenters. The molecule has 1 saturated heterocycles. The molecule has 1 aliphatic rings. The van der Waals surface area contributed by atoms with Crippen LogP contribution in [0.4, 0.5) is 0 Å². The number of unbranched alkanes of at least 4 members (excludes halogenated alkanes) is 3. The van der Waals surface area contributed by atoms with Crippen LogP contribution in [-0.4, -0.2) is 42.9 Å². The Kier molecular flexibility index (Phi) is 7.75. The minimum absolute atomic E-state index is 0.338. The van der Waals surface area contributed by atoms with E-state index in [4.69, 9.17) is 9.84 Å². The first kappa shape index (κ1) is 17.3. The van der Waals surface area contributed by atoms with Gasteiger partial charge < -0.3 is 14.7 Å². The molecule has 0 amide bonds. The van der Waals surface area contributed by atoms with E-state index in [0.717, 1.165) is 25.2 Å². The quantitative estimate of drug-likeness (QED) is 0.704. The molecule has 1 aromatic carbocycles. The lowest BCUT2D eigenvalue weighted by molar-refractivity contribution is 0.205. The van der Waals surface area contributed by atoms with Crippen molar-refractivity contribution in [1.82, 2.24) is 4.90 Å². The molecule has 1 N–H and O–H groups in total. The monoisotopic (exact) mass is 305 g/mol. The topological polar surface area (TPSA) is 32.7 Å². The summed E-state index contributed by atoms with van der Waals surface area (Å²) < 4.78 is 5.79. The molecule has 1 aliphatic heterocycles. The Labute approximate surface area is 135 Å². The Bertz CT molecular complexity index is 414. The molecule has 3 heteroatoms. The zero-order valence-electron chi connectivity index (χ0n) is 14.0. The summed E-state index contributed by atoms with van der Waals surface area (Å²) in [5.41, 5.74) is 1.40. The average molecular weight is 305 g/mol. The molecule has 0 aliphatic carbocycles. The van der Waals surface area contributed by atoms with E-state index in [9.17, 15) is 0 Å². The number of para-hydroxylation sites is 1. The largest absolute Gasteiger partial charge is 0.494 e. The van der Waals surface area contributed by atoms with Gasteiger partial charge in [0.05, 0.1) is 6.61 Å². The first-order chi connectivity index (χ1) is 10.8. The SMILES string of the molecule is CCOc1ccccc1C1CCN(CCCCCCO)CC1. The Morgan fingerprint density at radius 2 is 1.82 bits per heavy atom. The lowest BCUT2D eigenvalue weighted by atomic mass is 9.88. The van der Waals surface area contributed by atoms with Gasteiger partial charge in [-0.15, -0.1) is 0 Å². The van der Waals surface area contributed by atoms with Crippen molar-refractivity contribution in [3.8, 4) is 5.75 Å². The molecule has 1 aromatic rings. The number of aliphatic hydroxyl groups is 1. The van der Waals surface area contributed by atoms with E-state index in [-0.39, 0.29) is 0 Å². The van der Waals surface area contributed by atoms with Crippen LogP contribution in [-0.2, 0) is 0 Å². The molecule has 0 spiro atoms. The number of rotatable bonds is 9. The van der Waals surface area contributed by atoms with Gasteiger partial charge in [0.15, 0.2) is 0 Å². The van der Waals surface area contributed by atoms with Crippen molar-refractivity contribution in [2.75, 3.05) is 32.8 Å². The standard InChI is InChI=1S/C19H31NO2/c1-2-22-19-10-6-5-9-18(19)17-11-14-20(15-12-17)13-7-3-4-8-16-21/h5-6,9-10,17,21H,2-4,7-8,11-16H2,1H3. The second-order valence-electron chi connectivity index (χ2n) is 6.22. The molecule has 2 rings (SSSR count). The smallest absolute Gasteiger partial charge is 0.122 e. The van der Waals surface area contributed by atoms with Gasteiger partial charge in [0.25, 0.3) is 0 Å². The van der Waals surface area contributed by atoms with Crippen molar-refractivity contribution >= 4 is 0 Å². The summed E-state index contributed by atoms with van der Waals surface area (Å²) >= 11 is 0. The third kappa shape index (κ3) is 5.29. The third-order valence-electron chi connectivity index (χ3n) is 4.63. The van der Waals surface area contributed by atoms with Crippen molar-refractivity contribution in [3.63, 3.8) is 0 Å². The lowest BCUT2D eigenvalue weighted by Crippen LogP contribution is -2.33. The number of aliphatic hydroxyl groups excluding tert-OH is 1. The van der Waals surface area contributed by atoms with Crippen molar-refractivity contribution in [2.24, 2.45) is 0 Å². The van der Waals surface area contributed by atoms with E-state index in [1.807, 2.05) is 0 Å². The number of likely N-dealkylation sites (tertiary alicyclic amines) is 1.